The number of aromatic nitrogens is 3. The number of rotatable bonds is 10. The van der Waals surface area contributed by atoms with Crippen molar-refractivity contribution < 1.29 is 27.8 Å². The molecule has 0 N–H and O–H groups in total. The molecule has 3 aliphatic rings. The highest BCUT2D eigenvalue weighted by Crippen LogP contribution is 2.67. The maximum absolute atomic E-state index is 14.9. The molecule has 0 saturated carbocycles. The van der Waals surface area contributed by atoms with Crippen molar-refractivity contribution in [3.05, 3.63) is 96.6 Å². The Morgan fingerprint density at radius 1 is 0.980 bits per heavy atom. The molecule has 3 aromatic carbocycles. The highest BCUT2D eigenvalue weighted by molar-refractivity contribution is 14.2. The number of nitrogens with zero attached hydrogens (tertiary/aromatic N) is 6. The lowest BCUT2D eigenvalue weighted by Gasteiger charge is -2.37. The molecule has 3 atom stereocenters. The molecule has 0 aliphatic carbocycles. The van der Waals surface area contributed by atoms with Crippen LogP contribution in [0.5, 0.6) is 5.75 Å². The van der Waals surface area contributed by atoms with E-state index in [2.05, 4.69) is 79.2 Å². The van der Waals surface area contributed by atoms with E-state index in [1.54, 1.807) is 0 Å². The summed E-state index contributed by atoms with van der Waals surface area (Å²) in [5.74, 6) is 0.186. The number of carbonyl (C=O) groups excluding carboxylic acids is 1. The smallest absolute Gasteiger partial charge is 0.277 e. The largest absolute Gasteiger partial charge is 0.488 e. The first-order chi connectivity index (χ1) is 23.6. The van der Waals surface area contributed by atoms with E-state index in [0.717, 1.165) is 55.1 Å². The van der Waals surface area contributed by atoms with E-state index in [9.17, 15) is 13.6 Å². The normalized spacial score (nSPS) is 25.6. The van der Waals surface area contributed by atoms with E-state index in [-0.39, 0.29) is 31.4 Å². The number of carbonyl (C=O) groups is 1. The van der Waals surface area contributed by atoms with Gasteiger partial charge in [-0.2, -0.15) is 5.10 Å². The lowest BCUT2D eigenvalue weighted by molar-refractivity contribution is -0.117. The summed E-state index contributed by atoms with van der Waals surface area (Å²) >= 11 is 2.43. The SMILES string of the molecule is CC(C)N1CCS(I)(c2ccc(N3CCN(c4ccc(OC[C@H]5OC[C@](Cn6cncn6)(c6ccc(F)cc6F)O5)cc4)CC3)cc2)C1=O. The molecule has 4 aromatic rings. The first-order valence-electron chi connectivity index (χ1n) is 16.4. The maximum atomic E-state index is 14.9. The van der Waals surface area contributed by atoms with Crippen LogP contribution in [0.2, 0.25) is 0 Å². The lowest BCUT2D eigenvalue weighted by atomic mass is 9.94. The fraction of sp³-hybridized carbons (Fsp3) is 0.400. The third-order valence-corrected chi connectivity index (χ3v) is 15.9. The number of anilines is 2. The van der Waals surface area contributed by atoms with E-state index in [1.165, 1.54) is 35.2 Å². The van der Waals surface area contributed by atoms with Gasteiger partial charge in [0.2, 0.25) is 0 Å². The first kappa shape index (κ1) is 34.0. The Balaban J connectivity index is 0.922. The zero-order chi connectivity index (χ0) is 34.2. The molecule has 3 aliphatic heterocycles. The number of piperazine rings is 1. The maximum Gasteiger partial charge on any atom is 0.277 e. The lowest BCUT2D eigenvalue weighted by Crippen LogP contribution is -2.46. The van der Waals surface area contributed by atoms with Crippen LogP contribution in [0.15, 0.2) is 84.3 Å². The molecule has 7 rings (SSSR count). The molecule has 0 radical (unpaired) electrons. The molecule has 10 nitrogen and oxygen atoms in total. The van der Waals surface area contributed by atoms with Crippen molar-refractivity contribution in [2.24, 2.45) is 0 Å². The predicted molar refractivity (Wildman–Crippen MR) is 194 cm³/mol. The Hall–Kier alpha value is -3.47. The topological polar surface area (TPSA) is 85.2 Å². The van der Waals surface area contributed by atoms with Gasteiger partial charge in [0.25, 0.3) is 5.24 Å². The molecule has 14 heteroatoms. The number of amides is 1. The van der Waals surface area contributed by atoms with Gasteiger partial charge in [0, 0.05) is 72.4 Å². The Bertz CT molecular complexity index is 1760. The summed E-state index contributed by atoms with van der Waals surface area (Å²) in [6, 6.07) is 20.2. The summed E-state index contributed by atoms with van der Waals surface area (Å²) in [5, 5.41) is 4.43. The number of hydrogen-bond acceptors (Lipinski definition) is 8. The van der Waals surface area contributed by atoms with Crippen LogP contribution < -0.4 is 14.5 Å². The Morgan fingerprint density at radius 2 is 1.65 bits per heavy atom. The zero-order valence-corrected chi connectivity index (χ0v) is 30.4. The fourth-order valence-corrected chi connectivity index (χ4v) is 11.2. The van der Waals surface area contributed by atoms with Crippen LogP contribution in [-0.4, -0.2) is 88.9 Å². The molecule has 1 aromatic heterocycles. The van der Waals surface area contributed by atoms with Crippen LogP contribution in [0.4, 0.5) is 25.0 Å². The van der Waals surface area contributed by atoms with Crippen molar-refractivity contribution in [1.82, 2.24) is 19.7 Å². The van der Waals surface area contributed by atoms with E-state index in [4.69, 9.17) is 14.2 Å². The van der Waals surface area contributed by atoms with Crippen LogP contribution >= 0.6 is 28.4 Å². The summed E-state index contributed by atoms with van der Waals surface area (Å²) in [5.41, 5.74) is 1.25. The standard InChI is InChI=1S/C35H39F2IN6O4S/c1-25(2)44-17-18-49(38,34(44)45)30-10-6-28(7-11-30)42-15-13-41(14-16-42)27-4-8-29(9-5-27)46-20-33-47-22-35(48-33,21-43-24-39-23-40-43)31-12-3-26(36)19-32(31)37/h3-12,19,23-25,33H,13-18,20-22H2,1-2H3/t33-,35+/m0/s1. The van der Waals surface area contributed by atoms with Gasteiger partial charge in [-0.25, -0.2) is 18.4 Å². The number of ether oxygens (including phenoxy) is 3. The second kappa shape index (κ2) is 14.0. The molecule has 1 amide bonds. The summed E-state index contributed by atoms with van der Waals surface area (Å²) in [6.45, 7) is 8.80. The molecule has 3 fully saturated rings. The molecule has 260 valence electrons. The fourth-order valence-electron chi connectivity index (χ4n) is 6.66. The summed E-state index contributed by atoms with van der Waals surface area (Å²) in [6.07, 6.45) is 2.12. The zero-order valence-electron chi connectivity index (χ0n) is 27.4. The second-order valence-electron chi connectivity index (χ2n) is 12.8. The molecule has 49 heavy (non-hydrogen) atoms. The number of hydrogen-bond donors (Lipinski definition) is 0. The first-order valence-corrected chi connectivity index (χ1v) is 20.7. The van der Waals surface area contributed by atoms with Crippen molar-refractivity contribution in [2.75, 3.05) is 61.5 Å². The van der Waals surface area contributed by atoms with Gasteiger partial charge >= 0.3 is 0 Å². The van der Waals surface area contributed by atoms with Gasteiger partial charge in [-0.1, -0.05) is 13.3 Å². The third-order valence-electron chi connectivity index (χ3n) is 9.36. The van der Waals surface area contributed by atoms with Gasteiger partial charge in [-0.15, -0.1) is 0 Å². The number of halogens is 3. The summed E-state index contributed by atoms with van der Waals surface area (Å²) < 4.78 is 48.3. The minimum Gasteiger partial charge on any atom is -0.488 e. The van der Waals surface area contributed by atoms with Crippen molar-refractivity contribution in [2.45, 2.75) is 43.2 Å². The monoisotopic (exact) mass is 804 g/mol. The van der Waals surface area contributed by atoms with Crippen LogP contribution in [0.25, 0.3) is 0 Å². The van der Waals surface area contributed by atoms with Crippen LogP contribution in [0, 0.1) is 11.6 Å². The van der Waals surface area contributed by atoms with Gasteiger partial charge in [0.15, 0.2) is 6.29 Å². The molecule has 0 bridgehead atoms. The minimum absolute atomic E-state index is 0.0370. The van der Waals surface area contributed by atoms with Crippen molar-refractivity contribution >= 4 is 45.0 Å². The van der Waals surface area contributed by atoms with E-state index in [0.29, 0.717) is 11.0 Å². The Kier molecular flexibility index (Phi) is 9.74. The highest BCUT2D eigenvalue weighted by atomic mass is 127. The Morgan fingerprint density at radius 3 is 2.24 bits per heavy atom. The second-order valence-corrected chi connectivity index (χ2v) is 19.8. The van der Waals surface area contributed by atoms with Crippen LogP contribution in [0.3, 0.4) is 0 Å². The third kappa shape index (κ3) is 6.97. The molecule has 1 unspecified atom stereocenters. The van der Waals surface area contributed by atoms with Crippen molar-refractivity contribution in [3.63, 3.8) is 0 Å². The van der Waals surface area contributed by atoms with Gasteiger partial charge in [0.05, 0.1) is 13.2 Å². The molecular formula is C35H39F2IN6O4S. The highest BCUT2D eigenvalue weighted by Gasteiger charge is 2.46. The van der Waals surface area contributed by atoms with Gasteiger partial charge in [0.1, 0.15) is 42.2 Å². The Labute approximate surface area is 298 Å². The van der Waals surface area contributed by atoms with Gasteiger partial charge in [-0.3, -0.25) is 4.79 Å². The molecule has 4 heterocycles. The van der Waals surface area contributed by atoms with Gasteiger partial charge < -0.3 is 28.9 Å². The van der Waals surface area contributed by atoms with Gasteiger partial charge in [-0.05, 0) is 89.7 Å². The predicted octanol–water partition coefficient (Wildman–Crippen LogP) is 6.59. The average molecular weight is 805 g/mol. The van der Waals surface area contributed by atoms with E-state index < -0.39 is 30.7 Å². The quantitative estimate of drug-likeness (QED) is 0.166. The number of benzene rings is 3. The minimum atomic E-state index is -1.51. The van der Waals surface area contributed by atoms with Crippen LogP contribution in [0.1, 0.15) is 19.4 Å². The molecule has 0 spiro atoms. The van der Waals surface area contributed by atoms with Crippen LogP contribution in [-0.2, 0) is 21.6 Å². The van der Waals surface area contributed by atoms with Crippen molar-refractivity contribution in [1.29, 1.82) is 0 Å². The van der Waals surface area contributed by atoms with Crippen molar-refractivity contribution in [3.8, 4) is 5.75 Å². The molecule has 3 saturated heterocycles. The summed E-state index contributed by atoms with van der Waals surface area (Å²) in [7, 11) is -1.51. The summed E-state index contributed by atoms with van der Waals surface area (Å²) in [4.78, 5) is 25.1. The van der Waals surface area contributed by atoms with E-state index in [1.807, 2.05) is 29.2 Å². The average Bonchev–Trinajstić information content (AvgIpc) is 3.85. The molecular weight excluding hydrogens is 765 g/mol. The van der Waals surface area contributed by atoms with E-state index >= 15 is 0 Å².